The van der Waals surface area contributed by atoms with E-state index in [0.717, 1.165) is 36.9 Å². The van der Waals surface area contributed by atoms with Gasteiger partial charge in [0.25, 0.3) is 0 Å². The number of hydrogen-bond donors (Lipinski definition) is 0. The average Bonchev–Trinajstić information content (AvgIpc) is 2.47. The molecule has 0 saturated heterocycles. The summed E-state index contributed by atoms with van der Waals surface area (Å²) >= 11 is 0. The Balaban J connectivity index is 2.10. The predicted molar refractivity (Wildman–Crippen MR) is 78.6 cm³/mol. The van der Waals surface area contributed by atoms with Crippen LogP contribution in [0, 0.1) is 6.92 Å². The molecule has 4 nitrogen and oxygen atoms in total. The number of hydrogen-bond acceptors (Lipinski definition) is 3. The number of anilines is 1. The van der Waals surface area contributed by atoms with Gasteiger partial charge in [0.2, 0.25) is 0 Å². The lowest BCUT2D eigenvalue weighted by molar-refractivity contribution is 0.00711. The van der Waals surface area contributed by atoms with Crippen LogP contribution in [0.4, 0.5) is 10.5 Å². The minimum absolute atomic E-state index is 0.106. The van der Waals surface area contributed by atoms with E-state index >= 15 is 0 Å². The van der Waals surface area contributed by atoms with E-state index in [2.05, 4.69) is 0 Å². The van der Waals surface area contributed by atoms with Gasteiger partial charge < -0.3 is 4.74 Å². The normalized spacial score (nSPS) is 15.9. The Morgan fingerprint density at radius 3 is 2.45 bits per heavy atom. The third-order valence-corrected chi connectivity index (χ3v) is 3.51. The van der Waals surface area contributed by atoms with Crippen molar-refractivity contribution in [1.82, 2.24) is 0 Å². The van der Waals surface area contributed by atoms with Gasteiger partial charge in [0.15, 0.2) is 0 Å². The zero-order valence-corrected chi connectivity index (χ0v) is 12.3. The van der Waals surface area contributed by atoms with E-state index in [1.807, 2.05) is 31.2 Å². The minimum Gasteiger partial charge on any atom is -0.448 e. The summed E-state index contributed by atoms with van der Waals surface area (Å²) in [6.45, 7) is 4.15. The molecule has 1 saturated carbocycles. The summed E-state index contributed by atoms with van der Waals surface area (Å²) in [7, 11) is 0. The number of amides is 1. The van der Waals surface area contributed by atoms with Crippen molar-refractivity contribution in [3.63, 3.8) is 0 Å². The number of aryl methyl sites for hydroxylation is 1. The van der Waals surface area contributed by atoms with Crippen molar-refractivity contribution in [1.29, 1.82) is 0 Å². The second kappa shape index (κ2) is 7.29. The first-order chi connectivity index (χ1) is 9.70. The van der Waals surface area contributed by atoms with Crippen LogP contribution in [0.3, 0.4) is 0 Å². The molecule has 1 amide bonds. The van der Waals surface area contributed by atoms with E-state index in [4.69, 9.17) is 9.57 Å². The number of hydroxylamine groups is 1. The largest absolute Gasteiger partial charge is 0.448 e. The topological polar surface area (TPSA) is 38.8 Å². The minimum atomic E-state index is -0.443. The second-order valence-electron chi connectivity index (χ2n) is 5.19. The molecule has 2 rings (SSSR count). The fraction of sp³-hybridized carbons (Fsp3) is 0.562. The maximum absolute atomic E-state index is 12.1. The van der Waals surface area contributed by atoms with Crippen molar-refractivity contribution in [3.8, 4) is 0 Å². The van der Waals surface area contributed by atoms with E-state index in [-0.39, 0.29) is 6.10 Å². The quantitative estimate of drug-likeness (QED) is 0.773. The standard InChI is InChI=1S/C16H23NO3/c1-3-19-16(18)17(14-11-9-13(2)10-12-14)20-15-7-5-4-6-8-15/h9-12,15H,3-8H2,1-2H3. The zero-order chi connectivity index (χ0) is 14.4. The van der Waals surface area contributed by atoms with E-state index in [1.165, 1.54) is 11.5 Å². The highest BCUT2D eigenvalue weighted by atomic mass is 16.7. The molecule has 0 heterocycles. The van der Waals surface area contributed by atoms with Gasteiger partial charge in [-0.05, 0) is 38.8 Å². The van der Waals surface area contributed by atoms with Crippen molar-refractivity contribution in [2.45, 2.75) is 52.1 Å². The fourth-order valence-corrected chi connectivity index (χ4v) is 2.39. The van der Waals surface area contributed by atoms with Crippen molar-refractivity contribution in [2.24, 2.45) is 0 Å². The van der Waals surface area contributed by atoms with E-state index < -0.39 is 6.09 Å². The first-order valence-corrected chi connectivity index (χ1v) is 7.41. The van der Waals surface area contributed by atoms with Crippen LogP contribution < -0.4 is 5.06 Å². The number of carbonyl (C=O) groups excluding carboxylic acids is 1. The lowest BCUT2D eigenvalue weighted by atomic mass is 9.98. The summed E-state index contributed by atoms with van der Waals surface area (Å²) in [5, 5.41) is 1.30. The van der Waals surface area contributed by atoms with Gasteiger partial charge in [0, 0.05) is 0 Å². The van der Waals surface area contributed by atoms with Gasteiger partial charge in [-0.15, -0.1) is 0 Å². The lowest BCUT2D eigenvalue weighted by Crippen LogP contribution is -2.36. The van der Waals surface area contributed by atoms with Crippen molar-refractivity contribution < 1.29 is 14.4 Å². The Morgan fingerprint density at radius 2 is 1.85 bits per heavy atom. The third kappa shape index (κ3) is 3.97. The van der Waals surface area contributed by atoms with Gasteiger partial charge >= 0.3 is 6.09 Å². The Bertz CT molecular complexity index is 424. The van der Waals surface area contributed by atoms with E-state index in [0.29, 0.717) is 6.61 Å². The van der Waals surface area contributed by atoms with Crippen LogP contribution in [0.25, 0.3) is 0 Å². The summed E-state index contributed by atoms with van der Waals surface area (Å²) < 4.78 is 5.09. The molecular formula is C16H23NO3. The van der Waals surface area contributed by atoms with E-state index in [9.17, 15) is 4.79 Å². The van der Waals surface area contributed by atoms with Crippen LogP contribution >= 0.6 is 0 Å². The van der Waals surface area contributed by atoms with Gasteiger partial charge in [-0.1, -0.05) is 37.0 Å². The summed E-state index contributed by atoms with van der Waals surface area (Å²) in [6.07, 6.45) is 5.24. The molecule has 1 aromatic carbocycles. The number of benzene rings is 1. The average molecular weight is 277 g/mol. The molecule has 0 atom stereocenters. The molecule has 110 valence electrons. The molecule has 0 unspecified atom stereocenters. The molecule has 0 N–H and O–H groups in total. The van der Waals surface area contributed by atoms with Crippen molar-refractivity contribution in [3.05, 3.63) is 29.8 Å². The SMILES string of the molecule is CCOC(=O)N(OC1CCCCC1)c1ccc(C)cc1. The van der Waals surface area contributed by atoms with Crippen LogP contribution in [0.5, 0.6) is 0 Å². The van der Waals surface area contributed by atoms with Gasteiger partial charge in [-0.3, -0.25) is 4.84 Å². The molecule has 0 bridgehead atoms. The van der Waals surface area contributed by atoms with Crippen molar-refractivity contribution in [2.75, 3.05) is 11.7 Å². The highest BCUT2D eigenvalue weighted by Crippen LogP contribution is 2.25. The predicted octanol–water partition coefficient (Wildman–Crippen LogP) is 4.22. The monoisotopic (exact) mass is 277 g/mol. The molecule has 1 aliphatic carbocycles. The maximum Gasteiger partial charge on any atom is 0.438 e. The third-order valence-electron chi connectivity index (χ3n) is 3.51. The van der Waals surface area contributed by atoms with Crippen LogP contribution in [-0.2, 0) is 9.57 Å². The van der Waals surface area contributed by atoms with Crippen LogP contribution in [-0.4, -0.2) is 18.8 Å². The maximum atomic E-state index is 12.1. The molecule has 0 aliphatic heterocycles. The van der Waals surface area contributed by atoms with Gasteiger partial charge in [0.05, 0.1) is 18.4 Å². The second-order valence-corrected chi connectivity index (χ2v) is 5.19. The molecule has 0 aromatic heterocycles. The summed E-state index contributed by atoms with van der Waals surface area (Å²) in [5.74, 6) is 0. The molecule has 0 radical (unpaired) electrons. The molecular weight excluding hydrogens is 254 g/mol. The van der Waals surface area contributed by atoms with Gasteiger partial charge in [-0.2, -0.15) is 5.06 Å². The number of nitrogens with zero attached hydrogens (tertiary/aromatic N) is 1. The highest BCUT2D eigenvalue weighted by Gasteiger charge is 2.24. The molecule has 1 aliphatic rings. The van der Waals surface area contributed by atoms with Crippen LogP contribution in [0.2, 0.25) is 0 Å². The summed E-state index contributed by atoms with van der Waals surface area (Å²) in [5.41, 5.74) is 1.87. The molecule has 0 spiro atoms. The number of rotatable bonds is 4. The number of carbonyl (C=O) groups is 1. The van der Waals surface area contributed by atoms with Crippen LogP contribution in [0.15, 0.2) is 24.3 Å². The summed E-state index contributed by atoms with van der Waals surface area (Å²) in [6, 6.07) is 7.70. The zero-order valence-electron chi connectivity index (χ0n) is 12.3. The van der Waals surface area contributed by atoms with Gasteiger partial charge in [0.1, 0.15) is 0 Å². The molecule has 4 heteroatoms. The Kier molecular flexibility index (Phi) is 5.41. The first-order valence-electron chi connectivity index (χ1n) is 7.41. The molecule has 1 fully saturated rings. The van der Waals surface area contributed by atoms with E-state index in [1.54, 1.807) is 6.92 Å². The van der Waals surface area contributed by atoms with Crippen molar-refractivity contribution >= 4 is 11.8 Å². The van der Waals surface area contributed by atoms with Gasteiger partial charge in [-0.25, -0.2) is 4.79 Å². The van der Waals surface area contributed by atoms with Crippen LogP contribution in [0.1, 0.15) is 44.6 Å². The molecule has 20 heavy (non-hydrogen) atoms. The smallest absolute Gasteiger partial charge is 0.438 e. The summed E-state index contributed by atoms with van der Waals surface area (Å²) in [4.78, 5) is 18.0. The first kappa shape index (κ1) is 14.9. The molecule has 1 aromatic rings. The Hall–Kier alpha value is -1.55. The number of ether oxygens (including phenoxy) is 1. The highest BCUT2D eigenvalue weighted by molar-refractivity contribution is 5.85. The fourth-order valence-electron chi connectivity index (χ4n) is 2.39. The Morgan fingerprint density at radius 1 is 1.20 bits per heavy atom. The lowest BCUT2D eigenvalue weighted by Gasteiger charge is -2.28. The Labute approximate surface area is 120 Å².